The molecule has 0 saturated heterocycles. The zero-order valence-corrected chi connectivity index (χ0v) is 12.2. The largest absolute Gasteiger partial charge is 0.271 e. The van der Waals surface area contributed by atoms with Gasteiger partial charge >= 0.3 is 0 Å². The Labute approximate surface area is 121 Å². The van der Waals surface area contributed by atoms with Crippen LogP contribution in [0.2, 0.25) is 10.0 Å². The second kappa shape index (κ2) is 6.04. The van der Waals surface area contributed by atoms with Crippen molar-refractivity contribution in [2.24, 2.45) is 5.84 Å². The van der Waals surface area contributed by atoms with Crippen molar-refractivity contribution in [2.45, 2.75) is 19.4 Å². The molecule has 0 fully saturated rings. The van der Waals surface area contributed by atoms with Crippen LogP contribution in [0.5, 0.6) is 0 Å². The van der Waals surface area contributed by atoms with Gasteiger partial charge in [-0.15, -0.1) is 11.3 Å². The third-order valence-corrected chi connectivity index (χ3v) is 4.41. The summed E-state index contributed by atoms with van der Waals surface area (Å²) >= 11 is 14.1. The highest BCUT2D eigenvalue weighted by Crippen LogP contribution is 2.30. The first-order chi connectivity index (χ1) is 8.61. The van der Waals surface area contributed by atoms with Crippen LogP contribution >= 0.6 is 34.5 Å². The van der Waals surface area contributed by atoms with Crippen LogP contribution < -0.4 is 11.3 Å². The smallest absolute Gasteiger partial charge is 0.0509 e. The molecule has 1 unspecified atom stereocenters. The normalized spacial score (nSPS) is 12.7. The maximum Gasteiger partial charge on any atom is 0.0509 e. The fourth-order valence-electron chi connectivity index (χ4n) is 1.85. The minimum Gasteiger partial charge on any atom is -0.271 e. The number of thiophene rings is 1. The van der Waals surface area contributed by atoms with Crippen molar-refractivity contribution < 1.29 is 0 Å². The SMILES string of the molecule is Cc1cc(C(Cc2c(Cl)cccc2Cl)NN)cs1. The average molecular weight is 301 g/mol. The standard InChI is InChI=1S/C13H14Cl2N2S/c1-8-5-9(7-18-8)13(17-16)6-10-11(14)3-2-4-12(10)15/h2-5,7,13,17H,6,16H2,1H3. The Kier molecular flexibility index (Phi) is 4.65. The molecule has 2 nitrogen and oxygen atoms in total. The van der Waals surface area contributed by atoms with Crippen molar-refractivity contribution in [1.82, 2.24) is 5.43 Å². The Bertz CT molecular complexity index is 519. The summed E-state index contributed by atoms with van der Waals surface area (Å²) in [5.74, 6) is 5.63. The average Bonchev–Trinajstić information content (AvgIpc) is 2.76. The summed E-state index contributed by atoms with van der Waals surface area (Å²) < 4.78 is 0. The summed E-state index contributed by atoms with van der Waals surface area (Å²) in [6.45, 7) is 2.07. The molecule has 18 heavy (non-hydrogen) atoms. The number of hydrazine groups is 1. The summed E-state index contributed by atoms with van der Waals surface area (Å²) in [4.78, 5) is 1.26. The number of benzene rings is 1. The van der Waals surface area contributed by atoms with Crippen molar-refractivity contribution in [3.63, 3.8) is 0 Å². The predicted octanol–water partition coefficient (Wildman–Crippen LogP) is 4.11. The molecule has 0 saturated carbocycles. The van der Waals surface area contributed by atoms with Gasteiger partial charge in [0.2, 0.25) is 0 Å². The van der Waals surface area contributed by atoms with Crippen molar-refractivity contribution >= 4 is 34.5 Å². The molecule has 2 aromatic rings. The fraction of sp³-hybridized carbons (Fsp3) is 0.231. The molecule has 1 heterocycles. The molecule has 96 valence electrons. The second-order valence-electron chi connectivity index (χ2n) is 4.11. The molecule has 1 atom stereocenters. The third kappa shape index (κ3) is 3.05. The van der Waals surface area contributed by atoms with Gasteiger partial charge in [0.1, 0.15) is 0 Å². The van der Waals surface area contributed by atoms with E-state index in [9.17, 15) is 0 Å². The maximum absolute atomic E-state index is 6.17. The molecule has 1 aromatic heterocycles. The lowest BCUT2D eigenvalue weighted by Crippen LogP contribution is -2.29. The lowest BCUT2D eigenvalue weighted by molar-refractivity contribution is 0.553. The van der Waals surface area contributed by atoms with Crippen LogP contribution in [-0.4, -0.2) is 0 Å². The van der Waals surface area contributed by atoms with Gasteiger partial charge in [0, 0.05) is 14.9 Å². The van der Waals surface area contributed by atoms with Crippen LogP contribution in [0.4, 0.5) is 0 Å². The van der Waals surface area contributed by atoms with Gasteiger partial charge in [-0.05, 0) is 48.1 Å². The molecular weight excluding hydrogens is 287 g/mol. The molecule has 0 aliphatic heterocycles. The van der Waals surface area contributed by atoms with E-state index in [1.807, 2.05) is 18.2 Å². The van der Waals surface area contributed by atoms with E-state index in [1.54, 1.807) is 11.3 Å². The monoisotopic (exact) mass is 300 g/mol. The fourth-order valence-corrected chi connectivity index (χ4v) is 3.16. The first-order valence-corrected chi connectivity index (χ1v) is 7.19. The Balaban J connectivity index is 2.26. The van der Waals surface area contributed by atoms with Crippen molar-refractivity contribution in [1.29, 1.82) is 0 Å². The summed E-state index contributed by atoms with van der Waals surface area (Å²) in [6, 6.07) is 7.67. The van der Waals surface area contributed by atoms with Gasteiger partial charge < -0.3 is 0 Å². The molecule has 3 N–H and O–H groups in total. The minimum absolute atomic E-state index is 0.0207. The van der Waals surface area contributed by atoms with E-state index >= 15 is 0 Å². The number of aryl methyl sites for hydroxylation is 1. The summed E-state index contributed by atoms with van der Waals surface area (Å²) in [7, 11) is 0. The lowest BCUT2D eigenvalue weighted by atomic mass is 10.0. The highest BCUT2D eigenvalue weighted by atomic mass is 35.5. The van der Waals surface area contributed by atoms with Gasteiger partial charge in [-0.1, -0.05) is 29.3 Å². The van der Waals surface area contributed by atoms with Crippen LogP contribution in [0.1, 0.15) is 22.0 Å². The van der Waals surface area contributed by atoms with Gasteiger partial charge in [0.05, 0.1) is 6.04 Å². The molecule has 0 spiro atoms. The molecule has 0 aliphatic carbocycles. The molecule has 0 aliphatic rings. The molecule has 2 rings (SSSR count). The minimum atomic E-state index is 0.0207. The van der Waals surface area contributed by atoms with E-state index in [0.29, 0.717) is 16.5 Å². The van der Waals surface area contributed by atoms with E-state index < -0.39 is 0 Å². The first-order valence-electron chi connectivity index (χ1n) is 5.56. The Morgan fingerprint density at radius 1 is 1.33 bits per heavy atom. The lowest BCUT2D eigenvalue weighted by Gasteiger charge is -2.16. The number of hydrogen-bond acceptors (Lipinski definition) is 3. The number of halogens is 2. The predicted molar refractivity (Wildman–Crippen MR) is 79.3 cm³/mol. The van der Waals surface area contributed by atoms with Crippen molar-refractivity contribution in [2.75, 3.05) is 0 Å². The summed E-state index contributed by atoms with van der Waals surface area (Å²) in [5, 5.41) is 3.45. The van der Waals surface area contributed by atoms with Gasteiger partial charge in [0.15, 0.2) is 0 Å². The highest BCUT2D eigenvalue weighted by molar-refractivity contribution is 7.10. The number of hydrogen-bond donors (Lipinski definition) is 2. The number of nitrogens with two attached hydrogens (primary N) is 1. The summed E-state index contributed by atoms with van der Waals surface area (Å²) in [5.41, 5.74) is 4.91. The molecule has 5 heteroatoms. The van der Waals surface area contributed by atoms with E-state index in [-0.39, 0.29) is 6.04 Å². The van der Waals surface area contributed by atoms with Gasteiger partial charge in [0.25, 0.3) is 0 Å². The molecule has 0 bridgehead atoms. The van der Waals surface area contributed by atoms with E-state index in [4.69, 9.17) is 29.0 Å². The quantitative estimate of drug-likeness (QED) is 0.659. The third-order valence-electron chi connectivity index (χ3n) is 2.82. The Morgan fingerprint density at radius 3 is 2.50 bits per heavy atom. The maximum atomic E-state index is 6.17. The topological polar surface area (TPSA) is 38.0 Å². The summed E-state index contributed by atoms with van der Waals surface area (Å²) in [6.07, 6.45) is 0.672. The molecule has 1 aromatic carbocycles. The second-order valence-corrected chi connectivity index (χ2v) is 6.04. The van der Waals surface area contributed by atoms with E-state index in [1.165, 1.54) is 4.88 Å². The van der Waals surface area contributed by atoms with Crippen molar-refractivity contribution in [3.05, 3.63) is 55.7 Å². The van der Waals surface area contributed by atoms with Crippen LogP contribution in [0.3, 0.4) is 0 Å². The van der Waals surface area contributed by atoms with Gasteiger partial charge in [-0.2, -0.15) is 0 Å². The van der Waals surface area contributed by atoms with Gasteiger partial charge in [-0.3, -0.25) is 11.3 Å². The molecule has 0 radical (unpaired) electrons. The van der Waals surface area contributed by atoms with Gasteiger partial charge in [-0.25, -0.2) is 0 Å². The first kappa shape index (κ1) is 13.8. The van der Waals surface area contributed by atoms with E-state index in [2.05, 4.69) is 23.8 Å². The zero-order valence-electron chi connectivity index (χ0n) is 9.91. The number of rotatable bonds is 4. The number of nitrogens with one attached hydrogen (secondary N) is 1. The highest BCUT2D eigenvalue weighted by Gasteiger charge is 2.15. The molecule has 0 amide bonds. The van der Waals surface area contributed by atoms with Crippen LogP contribution in [0.15, 0.2) is 29.6 Å². The zero-order chi connectivity index (χ0) is 13.1. The van der Waals surface area contributed by atoms with E-state index in [0.717, 1.165) is 11.1 Å². The van der Waals surface area contributed by atoms with Crippen LogP contribution in [0.25, 0.3) is 0 Å². The van der Waals surface area contributed by atoms with Crippen LogP contribution in [0, 0.1) is 6.92 Å². The Hall–Kier alpha value is -0.580. The van der Waals surface area contributed by atoms with Crippen molar-refractivity contribution in [3.8, 4) is 0 Å². The molecular formula is C13H14Cl2N2S. The Morgan fingerprint density at radius 2 is 2.00 bits per heavy atom. The van der Waals surface area contributed by atoms with Crippen LogP contribution in [-0.2, 0) is 6.42 Å².